The van der Waals surface area contributed by atoms with Crippen molar-refractivity contribution in [3.05, 3.63) is 50.9 Å². The predicted molar refractivity (Wildman–Crippen MR) is 76.5 cm³/mol. The van der Waals surface area contributed by atoms with Crippen molar-refractivity contribution in [2.75, 3.05) is 7.05 Å². The summed E-state index contributed by atoms with van der Waals surface area (Å²) in [5.74, 6) is 0.350. The largest absolute Gasteiger partial charge is 0.312 e. The Morgan fingerprint density at radius 1 is 1.41 bits per heavy atom. The van der Waals surface area contributed by atoms with E-state index in [1.165, 1.54) is 9.35 Å². The fourth-order valence-corrected chi connectivity index (χ4v) is 3.22. The maximum absolute atomic E-state index is 4.43. The van der Waals surface area contributed by atoms with E-state index in [9.17, 15) is 0 Å². The second-order valence-electron chi connectivity index (χ2n) is 3.99. The van der Waals surface area contributed by atoms with Crippen molar-refractivity contribution in [3.8, 4) is 0 Å². The van der Waals surface area contributed by atoms with Crippen LogP contribution in [-0.4, -0.2) is 12.0 Å². The van der Waals surface area contributed by atoms with Gasteiger partial charge in [0.15, 0.2) is 0 Å². The van der Waals surface area contributed by atoms with Gasteiger partial charge in [-0.1, -0.05) is 13.0 Å². The number of hydrogen-bond acceptors (Lipinski definition) is 3. The van der Waals surface area contributed by atoms with Gasteiger partial charge in [0.25, 0.3) is 0 Å². The molecular weight excluding hydrogens is 296 g/mol. The van der Waals surface area contributed by atoms with Crippen LogP contribution in [0, 0.1) is 0 Å². The smallest absolute Gasteiger partial charge is 0.0701 e. The molecule has 0 radical (unpaired) electrons. The molecule has 4 heteroatoms. The molecule has 2 nitrogen and oxygen atoms in total. The summed E-state index contributed by atoms with van der Waals surface area (Å²) >= 11 is 5.23. The highest BCUT2D eigenvalue weighted by Crippen LogP contribution is 2.33. The van der Waals surface area contributed by atoms with Crippen LogP contribution in [0.15, 0.2) is 39.6 Å². The lowest BCUT2D eigenvalue weighted by Crippen LogP contribution is -2.22. The van der Waals surface area contributed by atoms with Crippen molar-refractivity contribution in [2.24, 2.45) is 0 Å². The van der Waals surface area contributed by atoms with Crippen molar-refractivity contribution < 1.29 is 0 Å². The first-order valence-electron chi connectivity index (χ1n) is 5.54. The molecule has 0 aliphatic rings. The van der Waals surface area contributed by atoms with Gasteiger partial charge in [-0.2, -0.15) is 0 Å². The van der Waals surface area contributed by atoms with Gasteiger partial charge in [-0.05, 0) is 52.1 Å². The quantitative estimate of drug-likeness (QED) is 0.924. The van der Waals surface area contributed by atoms with Gasteiger partial charge in [-0.15, -0.1) is 11.3 Å². The van der Waals surface area contributed by atoms with Gasteiger partial charge in [-0.25, -0.2) is 0 Å². The Labute approximate surface area is 114 Å². The fraction of sp³-hybridized carbons (Fsp3) is 0.308. The fourth-order valence-electron chi connectivity index (χ4n) is 2.01. The lowest BCUT2D eigenvalue weighted by atomic mass is 9.93. The highest BCUT2D eigenvalue weighted by molar-refractivity contribution is 9.11. The van der Waals surface area contributed by atoms with Gasteiger partial charge >= 0.3 is 0 Å². The van der Waals surface area contributed by atoms with Crippen LogP contribution in [0.25, 0.3) is 0 Å². The number of rotatable bonds is 4. The minimum atomic E-state index is 0.299. The minimum absolute atomic E-state index is 0.299. The molecule has 1 N–H and O–H groups in total. The van der Waals surface area contributed by atoms with E-state index in [1.54, 1.807) is 11.3 Å². The Kier molecular flexibility index (Phi) is 4.31. The SMILES string of the molecule is CNC(c1csc(Br)c1)C(C)c1ccccn1. The molecule has 90 valence electrons. The van der Waals surface area contributed by atoms with E-state index in [-0.39, 0.29) is 0 Å². The van der Waals surface area contributed by atoms with E-state index in [2.05, 4.69) is 50.7 Å². The Hall–Kier alpha value is -0.710. The van der Waals surface area contributed by atoms with Gasteiger partial charge in [0.1, 0.15) is 0 Å². The molecule has 2 atom stereocenters. The summed E-state index contributed by atoms with van der Waals surface area (Å²) < 4.78 is 1.17. The molecule has 0 aromatic carbocycles. The molecule has 0 amide bonds. The molecule has 0 fully saturated rings. The summed E-state index contributed by atoms with van der Waals surface area (Å²) in [6.45, 7) is 2.20. The van der Waals surface area contributed by atoms with Crippen molar-refractivity contribution in [1.29, 1.82) is 0 Å². The van der Waals surface area contributed by atoms with E-state index in [0.29, 0.717) is 12.0 Å². The second kappa shape index (κ2) is 5.76. The lowest BCUT2D eigenvalue weighted by Gasteiger charge is -2.22. The number of nitrogens with zero attached hydrogens (tertiary/aromatic N) is 1. The molecular formula is C13H15BrN2S. The average Bonchev–Trinajstić information content (AvgIpc) is 2.78. The maximum Gasteiger partial charge on any atom is 0.0701 e. The number of pyridine rings is 1. The highest BCUT2D eigenvalue weighted by Gasteiger charge is 2.20. The van der Waals surface area contributed by atoms with E-state index in [1.807, 2.05) is 25.4 Å². The Morgan fingerprint density at radius 2 is 2.24 bits per heavy atom. The van der Waals surface area contributed by atoms with E-state index >= 15 is 0 Å². The predicted octanol–water partition coefficient (Wildman–Crippen LogP) is 3.97. The van der Waals surface area contributed by atoms with Crippen LogP contribution in [-0.2, 0) is 0 Å². The van der Waals surface area contributed by atoms with Gasteiger partial charge in [0.2, 0.25) is 0 Å². The summed E-state index contributed by atoms with van der Waals surface area (Å²) in [5, 5.41) is 5.56. The molecule has 0 aliphatic carbocycles. The Balaban J connectivity index is 2.25. The van der Waals surface area contributed by atoms with Crippen LogP contribution in [0.1, 0.15) is 30.1 Å². The highest BCUT2D eigenvalue weighted by atomic mass is 79.9. The summed E-state index contributed by atoms with van der Waals surface area (Å²) in [6, 6.07) is 8.54. The van der Waals surface area contributed by atoms with E-state index in [0.717, 1.165) is 5.69 Å². The standard InChI is InChI=1S/C13H15BrN2S/c1-9(11-5-3-4-6-16-11)13(15-2)10-7-12(14)17-8-10/h3-9,13,15H,1-2H3. The normalized spacial score (nSPS) is 14.5. The third-order valence-electron chi connectivity index (χ3n) is 2.91. The molecule has 17 heavy (non-hydrogen) atoms. The third kappa shape index (κ3) is 2.94. The van der Waals surface area contributed by atoms with Crippen molar-refractivity contribution in [3.63, 3.8) is 0 Å². The van der Waals surface area contributed by atoms with E-state index in [4.69, 9.17) is 0 Å². The summed E-state index contributed by atoms with van der Waals surface area (Å²) in [4.78, 5) is 4.43. The van der Waals surface area contributed by atoms with Crippen LogP contribution in [0.2, 0.25) is 0 Å². The number of hydrogen-bond donors (Lipinski definition) is 1. The molecule has 2 unspecified atom stereocenters. The van der Waals surface area contributed by atoms with Crippen LogP contribution >= 0.6 is 27.3 Å². The first kappa shape index (κ1) is 12.7. The van der Waals surface area contributed by atoms with Crippen LogP contribution < -0.4 is 5.32 Å². The van der Waals surface area contributed by atoms with Crippen molar-refractivity contribution in [1.82, 2.24) is 10.3 Å². The number of halogens is 1. The van der Waals surface area contributed by atoms with Crippen LogP contribution in [0.3, 0.4) is 0 Å². The molecule has 0 saturated carbocycles. The Morgan fingerprint density at radius 3 is 2.76 bits per heavy atom. The van der Waals surface area contributed by atoms with E-state index < -0.39 is 0 Å². The zero-order valence-corrected chi connectivity index (χ0v) is 12.3. The summed E-state index contributed by atoms with van der Waals surface area (Å²) in [7, 11) is 2.00. The van der Waals surface area contributed by atoms with Crippen LogP contribution in [0.4, 0.5) is 0 Å². The number of nitrogens with one attached hydrogen (secondary N) is 1. The summed E-state index contributed by atoms with van der Waals surface area (Å²) in [5.41, 5.74) is 2.43. The van der Waals surface area contributed by atoms with Crippen molar-refractivity contribution in [2.45, 2.75) is 18.9 Å². The lowest BCUT2D eigenvalue weighted by molar-refractivity contribution is 0.500. The molecule has 0 saturated heterocycles. The number of likely N-dealkylation sites (N-methyl/N-ethyl adjacent to an activating group) is 1. The second-order valence-corrected chi connectivity index (χ2v) is 6.28. The number of thiophene rings is 1. The molecule has 0 aliphatic heterocycles. The zero-order valence-electron chi connectivity index (χ0n) is 9.85. The van der Waals surface area contributed by atoms with Gasteiger partial charge < -0.3 is 5.32 Å². The van der Waals surface area contributed by atoms with Crippen molar-refractivity contribution >= 4 is 27.3 Å². The van der Waals surface area contributed by atoms with Gasteiger partial charge in [0, 0.05) is 23.9 Å². The van der Waals surface area contributed by atoms with Crippen LogP contribution in [0.5, 0.6) is 0 Å². The molecule has 0 bridgehead atoms. The first-order valence-corrected chi connectivity index (χ1v) is 7.21. The summed E-state index contributed by atoms with van der Waals surface area (Å²) in [6.07, 6.45) is 1.85. The molecule has 0 spiro atoms. The molecule has 2 aromatic heterocycles. The number of aromatic nitrogens is 1. The van der Waals surface area contributed by atoms with Gasteiger partial charge in [0.05, 0.1) is 3.79 Å². The molecule has 2 heterocycles. The maximum atomic E-state index is 4.43. The monoisotopic (exact) mass is 310 g/mol. The molecule has 2 aromatic rings. The van der Waals surface area contributed by atoms with Gasteiger partial charge in [-0.3, -0.25) is 4.98 Å². The third-order valence-corrected chi connectivity index (χ3v) is 4.43. The first-order chi connectivity index (χ1) is 8.22. The topological polar surface area (TPSA) is 24.9 Å². The minimum Gasteiger partial charge on any atom is -0.312 e. The average molecular weight is 311 g/mol. The zero-order chi connectivity index (χ0) is 12.3. The molecule has 2 rings (SSSR count). The Bertz CT molecular complexity index is 469.